The number of imidazole rings is 1. The molecule has 0 radical (unpaired) electrons. The van der Waals surface area contributed by atoms with E-state index in [4.69, 9.17) is 10.9 Å². The van der Waals surface area contributed by atoms with Crippen LogP contribution in [-0.4, -0.2) is 20.6 Å². The lowest BCUT2D eigenvalue weighted by molar-refractivity contribution is 0.318. The lowest BCUT2D eigenvalue weighted by atomic mass is 10.4. The van der Waals surface area contributed by atoms with Crippen molar-refractivity contribution in [1.29, 1.82) is 0 Å². The minimum atomic E-state index is 0.0981. The van der Waals surface area contributed by atoms with E-state index in [-0.39, 0.29) is 5.84 Å². The lowest BCUT2D eigenvalue weighted by Gasteiger charge is -2.03. The Morgan fingerprint density at radius 1 is 1.83 bits per heavy atom. The van der Waals surface area contributed by atoms with Crippen molar-refractivity contribution < 1.29 is 5.21 Å². The molecule has 0 aliphatic carbocycles. The molecule has 0 atom stereocenters. The smallest absolute Gasteiger partial charge is 0.188 e. The van der Waals surface area contributed by atoms with Crippen molar-refractivity contribution in [1.82, 2.24) is 9.55 Å². The number of oxime groups is 1. The monoisotopic (exact) mass is 168 g/mol. The van der Waals surface area contributed by atoms with Gasteiger partial charge in [0, 0.05) is 6.54 Å². The SMILES string of the molecule is CCCn1cncc1C(N)=NO. The van der Waals surface area contributed by atoms with Gasteiger partial charge >= 0.3 is 0 Å². The van der Waals surface area contributed by atoms with Crippen molar-refractivity contribution in [3.05, 3.63) is 18.2 Å². The van der Waals surface area contributed by atoms with Gasteiger partial charge in [0.25, 0.3) is 0 Å². The molecule has 0 fully saturated rings. The third-order valence-corrected chi connectivity index (χ3v) is 1.55. The third-order valence-electron chi connectivity index (χ3n) is 1.55. The van der Waals surface area contributed by atoms with Gasteiger partial charge in [-0.3, -0.25) is 0 Å². The van der Waals surface area contributed by atoms with Crippen molar-refractivity contribution in [2.24, 2.45) is 10.9 Å². The number of nitrogens with two attached hydrogens (primary N) is 1. The predicted molar refractivity (Wildman–Crippen MR) is 45.0 cm³/mol. The van der Waals surface area contributed by atoms with E-state index in [1.54, 1.807) is 12.5 Å². The fraction of sp³-hybridized carbons (Fsp3) is 0.429. The third kappa shape index (κ3) is 1.55. The van der Waals surface area contributed by atoms with E-state index in [0.717, 1.165) is 13.0 Å². The van der Waals surface area contributed by atoms with E-state index in [1.165, 1.54) is 0 Å². The summed E-state index contributed by atoms with van der Waals surface area (Å²) in [5, 5.41) is 11.3. The van der Waals surface area contributed by atoms with E-state index in [2.05, 4.69) is 17.1 Å². The standard InChI is InChI=1S/C7H12N4O/c1-2-3-11-5-9-4-6(11)7(8)10-12/h4-5,12H,2-3H2,1H3,(H2,8,10). The summed E-state index contributed by atoms with van der Waals surface area (Å²) in [6.45, 7) is 2.88. The molecule has 1 rings (SSSR count). The van der Waals surface area contributed by atoms with Gasteiger partial charge in [-0.25, -0.2) is 4.98 Å². The first-order valence-electron chi connectivity index (χ1n) is 3.77. The van der Waals surface area contributed by atoms with E-state index in [1.807, 2.05) is 4.57 Å². The zero-order chi connectivity index (χ0) is 8.97. The van der Waals surface area contributed by atoms with Crippen LogP contribution in [0.4, 0.5) is 0 Å². The summed E-state index contributed by atoms with van der Waals surface area (Å²) in [7, 11) is 0. The van der Waals surface area contributed by atoms with E-state index in [0.29, 0.717) is 5.69 Å². The van der Waals surface area contributed by atoms with Crippen LogP contribution < -0.4 is 5.73 Å². The van der Waals surface area contributed by atoms with Gasteiger partial charge in [-0.15, -0.1) is 0 Å². The summed E-state index contributed by atoms with van der Waals surface area (Å²) < 4.78 is 1.84. The summed E-state index contributed by atoms with van der Waals surface area (Å²) in [5.74, 6) is 0.0981. The Bertz CT molecular complexity index is 279. The van der Waals surface area contributed by atoms with E-state index < -0.39 is 0 Å². The van der Waals surface area contributed by atoms with Gasteiger partial charge in [-0.2, -0.15) is 0 Å². The van der Waals surface area contributed by atoms with Crippen LogP contribution in [0.25, 0.3) is 0 Å². The van der Waals surface area contributed by atoms with Crippen molar-refractivity contribution in [2.75, 3.05) is 0 Å². The summed E-state index contributed by atoms with van der Waals surface area (Å²) in [6.07, 6.45) is 4.23. The second-order valence-corrected chi connectivity index (χ2v) is 2.46. The molecule has 0 aliphatic rings. The Kier molecular flexibility index (Phi) is 2.68. The first-order valence-corrected chi connectivity index (χ1v) is 3.77. The average molecular weight is 168 g/mol. The van der Waals surface area contributed by atoms with Crippen molar-refractivity contribution in [3.63, 3.8) is 0 Å². The number of rotatable bonds is 3. The highest BCUT2D eigenvalue weighted by Crippen LogP contribution is 1.99. The quantitative estimate of drug-likeness (QED) is 0.296. The summed E-state index contributed by atoms with van der Waals surface area (Å²) in [5.41, 5.74) is 6.06. The molecule has 5 nitrogen and oxygen atoms in total. The fourth-order valence-electron chi connectivity index (χ4n) is 1.00. The number of amidine groups is 1. The number of aromatic nitrogens is 2. The molecule has 0 bridgehead atoms. The topological polar surface area (TPSA) is 76.4 Å². The van der Waals surface area contributed by atoms with Crippen LogP contribution in [0.3, 0.4) is 0 Å². The first-order chi connectivity index (χ1) is 5.79. The molecule has 3 N–H and O–H groups in total. The second kappa shape index (κ2) is 3.75. The van der Waals surface area contributed by atoms with Crippen LogP contribution in [0, 0.1) is 0 Å². The molecule has 0 saturated carbocycles. The zero-order valence-electron chi connectivity index (χ0n) is 6.94. The van der Waals surface area contributed by atoms with Gasteiger partial charge in [-0.05, 0) is 6.42 Å². The molecule has 12 heavy (non-hydrogen) atoms. The largest absolute Gasteiger partial charge is 0.409 e. The molecule has 5 heteroatoms. The van der Waals surface area contributed by atoms with Crippen molar-refractivity contribution >= 4 is 5.84 Å². The molecular weight excluding hydrogens is 156 g/mol. The highest BCUT2D eigenvalue weighted by molar-refractivity contribution is 5.95. The van der Waals surface area contributed by atoms with Crippen LogP contribution >= 0.6 is 0 Å². The zero-order valence-corrected chi connectivity index (χ0v) is 6.94. The fourth-order valence-corrected chi connectivity index (χ4v) is 1.00. The maximum absolute atomic E-state index is 8.42. The van der Waals surface area contributed by atoms with E-state index >= 15 is 0 Å². The van der Waals surface area contributed by atoms with E-state index in [9.17, 15) is 0 Å². The van der Waals surface area contributed by atoms with Crippen LogP contribution in [0.15, 0.2) is 17.7 Å². The first kappa shape index (κ1) is 8.58. The molecule has 0 unspecified atom stereocenters. The summed E-state index contributed by atoms with van der Waals surface area (Å²) in [4.78, 5) is 3.90. The molecule has 1 aromatic heterocycles. The van der Waals surface area contributed by atoms with Gasteiger partial charge in [0.15, 0.2) is 5.84 Å². The highest BCUT2D eigenvalue weighted by atomic mass is 16.4. The maximum atomic E-state index is 8.42. The minimum absolute atomic E-state index is 0.0981. The van der Waals surface area contributed by atoms with Gasteiger partial charge in [0.05, 0.1) is 12.5 Å². The van der Waals surface area contributed by atoms with Crippen LogP contribution in [0.1, 0.15) is 19.0 Å². The molecule has 1 aromatic rings. The average Bonchev–Trinajstić information content (AvgIpc) is 2.52. The van der Waals surface area contributed by atoms with Crippen molar-refractivity contribution in [3.8, 4) is 0 Å². The minimum Gasteiger partial charge on any atom is -0.409 e. The molecule has 0 spiro atoms. The Morgan fingerprint density at radius 3 is 3.17 bits per heavy atom. The van der Waals surface area contributed by atoms with Gasteiger partial charge < -0.3 is 15.5 Å². The van der Waals surface area contributed by atoms with Gasteiger partial charge in [0.2, 0.25) is 0 Å². The predicted octanol–water partition coefficient (Wildman–Crippen LogP) is 0.388. The number of aryl methyl sites for hydroxylation is 1. The number of hydrogen-bond donors (Lipinski definition) is 2. The number of hydrogen-bond acceptors (Lipinski definition) is 3. The molecular formula is C7H12N4O. The Morgan fingerprint density at radius 2 is 2.58 bits per heavy atom. The lowest BCUT2D eigenvalue weighted by Crippen LogP contribution is -2.17. The highest BCUT2D eigenvalue weighted by Gasteiger charge is 2.04. The number of nitrogens with zero attached hydrogens (tertiary/aromatic N) is 3. The van der Waals surface area contributed by atoms with Crippen molar-refractivity contribution in [2.45, 2.75) is 19.9 Å². The van der Waals surface area contributed by atoms with Crippen LogP contribution in [-0.2, 0) is 6.54 Å². The molecule has 0 amide bonds. The Hall–Kier alpha value is -1.52. The summed E-state index contributed by atoms with van der Waals surface area (Å²) in [6, 6.07) is 0. The second-order valence-electron chi connectivity index (χ2n) is 2.46. The molecule has 0 aliphatic heterocycles. The Labute approximate surface area is 70.5 Å². The van der Waals surface area contributed by atoms with Gasteiger partial charge in [0.1, 0.15) is 5.69 Å². The normalized spacial score (nSPS) is 11.9. The van der Waals surface area contributed by atoms with Gasteiger partial charge in [-0.1, -0.05) is 12.1 Å². The van der Waals surface area contributed by atoms with Crippen LogP contribution in [0.2, 0.25) is 0 Å². The van der Waals surface area contributed by atoms with Crippen LogP contribution in [0.5, 0.6) is 0 Å². The Balaban J connectivity index is 2.91. The molecule has 66 valence electrons. The molecule has 0 saturated heterocycles. The molecule has 1 heterocycles. The molecule has 0 aromatic carbocycles. The summed E-state index contributed by atoms with van der Waals surface area (Å²) >= 11 is 0. The maximum Gasteiger partial charge on any atom is 0.188 e.